The van der Waals surface area contributed by atoms with Gasteiger partial charge in [0.2, 0.25) is 5.78 Å². The predicted molar refractivity (Wildman–Crippen MR) is 93.5 cm³/mol. The first-order valence-electron chi connectivity index (χ1n) is 7.92. The maximum Gasteiger partial charge on any atom is 0.405 e. The molecule has 5 heteroatoms. The lowest BCUT2D eigenvalue weighted by Crippen LogP contribution is -2.27. The van der Waals surface area contributed by atoms with Crippen molar-refractivity contribution in [2.24, 2.45) is 0 Å². The summed E-state index contributed by atoms with van der Waals surface area (Å²) in [7, 11) is 0. The molecule has 0 amide bonds. The minimum atomic E-state index is -0.636. The summed E-state index contributed by atoms with van der Waals surface area (Å²) < 4.78 is 0. The van der Waals surface area contributed by atoms with E-state index >= 15 is 0 Å². The van der Waals surface area contributed by atoms with Crippen molar-refractivity contribution < 1.29 is 19.2 Å². The summed E-state index contributed by atoms with van der Waals surface area (Å²) in [6.07, 6.45) is 0.0928. The van der Waals surface area contributed by atoms with Crippen molar-refractivity contribution in [3.8, 4) is 0 Å². The molecular formula is C20H18N2O3. The molecule has 0 radical (unpaired) electrons. The van der Waals surface area contributed by atoms with Gasteiger partial charge < -0.3 is 10.3 Å². The molecule has 0 bridgehead atoms. The van der Waals surface area contributed by atoms with Crippen molar-refractivity contribution in [2.75, 3.05) is 0 Å². The fraction of sp³-hybridized carbons (Fsp3) is 0.200. The van der Waals surface area contributed by atoms with Gasteiger partial charge in [-0.2, -0.15) is 4.79 Å². The van der Waals surface area contributed by atoms with Gasteiger partial charge in [0.15, 0.2) is 0 Å². The highest BCUT2D eigenvalue weighted by Gasteiger charge is 2.32. The van der Waals surface area contributed by atoms with Crippen LogP contribution in [0, 0.1) is 0 Å². The summed E-state index contributed by atoms with van der Waals surface area (Å²) in [6.45, 7) is 1.45. The largest absolute Gasteiger partial charge is 0.405 e. The zero-order chi connectivity index (χ0) is 18.2. The first-order chi connectivity index (χ1) is 12.0. The number of Topliss-reactive ketones (excluding diaryl/α,β-unsaturated/α-hetero) is 3. The van der Waals surface area contributed by atoms with Crippen LogP contribution in [-0.4, -0.2) is 27.9 Å². The van der Waals surface area contributed by atoms with E-state index in [-0.39, 0.29) is 30.1 Å². The molecule has 2 aromatic rings. The smallest absolute Gasteiger partial charge is 0.360 e. The standard InChI is InChI=1S/C20H18N2O3/c1-14(23)12-17(15-8-4-2-5-9-15)13-18(24)19(22-21)20(25)16-10-6-3-7-11-16/h2-11,17H,12-13H2,1H3. The molecule has 1 atom stereocenters. The molecule has 0 aliphatic heterocycles. The molecule has 0 heterocycles. The van der Waals surface area contributed by atoms with Crippen molar-refractivity contribution in [1.82, 2.24) is 0 Å². The molecule has 0 aliphatic rings. The number of benzene rings is 2. The normalized spacial score (nSPS) is 11.2. The topological polar surface area (TPSA) is 87.6 Å². The fourth-order valence-corrected chi connectivity index (χ4v) is 2.65. The zero-order valence-corrected chi connectivity index (χ0v) is 13.9. The van der Waals surface area contributed by atoms with Crippen LogP contribution < -0.4 is 0 Å². The van der Waals surface area contributed by atoms with Crippen molar-refractivity contribution in [1.29, 1.82) is 0 Å². The Morgan fingerprint density at radius 3 is 2.00 bits per heavy atom. The number of rotatable bonds is 8. The lowest BCUT2D eigenvalue weighted by atomic mass is 9.87. The second kappa shape index (κ2) is 8.62. The number of carbonyl (C=O) groups is 3. The van der Waals surface area contributed by atoms with Crippen molar-refractivity contribution in [2.45, 2.75) is 25.7 Å². The van der Waals surface area contributed by atoms with E-state index in [1.165, 1.54) is 6.92 Å². The van der Waals surface area contributed by atoms with Crippen LogP contribution in [0.15, 0.2) is 60.7 Å². The Hall–Kier alpha value is -3.17. The third kappa shape index (κ3) is 4.90. The Bertz CT molecular complexity index is 823. The Labute approximate surface area is 145 Å². The fourth-order valence-electron chi connectivity index (χ4n) is 2.65. The third-order valence-electron chi connectivity index (χ3n) is 3.85. The van der Waals surface area contributed by atoms with Crippen molar-refractivity contribution >= 4 is 23.1 Å². The molecule has 0 fully saturated rings. The molecule has 0 N–H and O–H groups in total. The minimum absolute atomic E-state index is 0.0569. The average Bonchev–Trinajstić information content (AvgIpc) is 2.62. The molecule has 0 saturated heterocycles. The molecule has 5 nitrogen and oxygen atoms in total. The van der Waals surface area contributed by atoms with Crippen molar-refractivity contribution in [3.63, 3.8) is 0 Å². The molecule has 0 aromatic heterocycles. The Morgan fingerprint density at radius 1 is 0.920 bits per heavy atom. The summed E-state index contributed by atoms with van der Waals surface area (Å²) in [6, 6.07) is 17.3. The van der Waals surface area contributed by atoms with Gasteiger partial charge in [-0.25, -0.2) is 0 Å². The monoisotopic (exact) mass is 334 g/mol. The van der Waals surface area contributed by atoms with E-state index in [4.69, 9.17) is 0 Å². The van der Waals surface area contributed by atoms with Crippen LogP contribution >= 0.6 is 0 Å². The quantitative estimate of drug-likeness (QED) is 0.244. The number of ketones is 3. The van der Waals surface area contributed by atoms with Crippen LogP contribution in [0.1, 0.15) is 41.6 Å². The molecule has 126 valence electrons. The molecular weight excluding hydrogens is 316 g/mol. The van der Waals surface area contributed by atoms with Gasteiger partial charge in [-0.15, -0.1) is 0 Å². The van der Waals surface area contributed by atoms with Gasteiger partial charge in [-0.05, 0) is 18.4 Å². The lowest BCUT2D eigenvalue weighted by molar-refractivity contribution is -0.118. The Kier molecular flexibility index (Phi) is 6.26. The summed E-state index contributed by atoms with van der Waals surface area (Å²) in [5.74, 6) is -1.65. The lowest BCUT2D eigenvalue weighted by Gasteiger charge is -2.14. The van der Waals surface area contributed by atoms with Crippen LogP contribution in [0.5, 0.6) is 0 Å². The first kappa shape index (κ1) is 18.2. The molecule has 0 spiro atoms. The minimum Gasteiger partial charge on any atom is -0.360 e. The summed E-state index contributed by atoms with van der Waals surface area (Å²) in [5, 5.41) is 0. The summed E-state index contributed by atoms with van der Waals surface area (Å²) in [4.78, 5) is 39.4. The summed E-state index contributed by atoms with van der Waals surface area (Å²) >= 11 is 0. The van der Waals surface area contributed by atoms with Gasteiger partial charge in [0.25, 0.3) is 5.78 Å². The van der Waals surface area contributed by atoms with E-state index in [2.05, 4.69) is 4.79 Å². The second-order valence-electron chi connectivity index (χ2n) is 5.78. The molecule has 0 saturated carbocycles. The third-order valence-corrected chi connectivity index (χ3v) is 3.85. The number of nitrogens with zero attached hydrogens (tertiary/aromatic N) is 2. The Morgan fingerprint density at radius 2 is 1.48 bits per heavy atom. The molecule has 25 heavy (non-hydrogen) atoms. The van der Waals surface area contributed by atoms with Crippen LogP contribution in [0.4, 0.5) is 0 Å². The molecule has 0 aliphatic carbocycles. The van der Waals surface area contributed by atoms with Gasteiger partial charge >= 0.3 is 5.71 Å². The highest BCUT2D eigenvalue weighted by atomic mass is 16.2. The maximum atomic E-state index is 12.5. The zero-order valence-electron chi connectivity index (χ0n) is 13.9. The van der Waals surface area contributed by atoms with Crippen LogP contribution in [0.25, 0.3) is 5.53 Å². The van der Waals surface area contributed by atoms with E-state index in [9.17, 15) is 19.9 Å². The van der Waals surface area contributed by atoms with E-state index in [0.29, 0.717) is 0 Å². The van der Waals surface area contributed by atoms with E-state index in [1.807, 2.05) is 30.3 Å². The number of carbonyl (C=O) groups excluding carboxylic acids is 3. The van der Waals surface area contributed by atoms with Gasteiger partial charge in [-0.3, -0.25) is 9.59 Å². The van der Waals surface area contributed by atoms with Crippen LogP contribution in [0.2, 0.25) is 0 Å². The van der Waals surface area contributed by atoms with Gasteiger partial charge in [-0.1, -0.05) is 60.7 Å². The Balaban J connectivity index is 2.23. The SMILES string of the molecule is CC(=O)CC(CC(=O)C(=[N+]=[N-])C(=O)c1ccccc1)c1ccccc1. The molecule has 1 unspecified atom stereocenters. The van der Waals surface area contributed by atoms with E-state index in [0.717, 1.165) is 5.56 Å². The van der Waals surface area contributed by atoms with E-state index in [1.54, 1.807) is 30.3 Å². The second-order valence-corrected chi connectivity index (χ2v) is 5.78. The highest BCUT2D eigenvalue weighted by Crippen LogP contribution is 2.24. The predicted octanol–water partition coefficient (Wildman–Crippen LogP) is 3.26. The van der Waals surface area contributed by atoms with Gasteiger partial charge in [0.1, 0.15) is 5.78 Å². The average molecular weight is 334 g/mol. The van der Waals surface area contributed by atoms with E-state index < -0.39 is 17.3 Å². The van der Waals surface area contributed by atoms with Crippen molar-refractivity contribution in [3.05, 3.63) is 77.3 Å². The highest BCUT2D eigenvalue weighted by molar-refractivity contribution is 6.67. The maximum absolute atomic E-state index is 12.5. The first-order valence-corrected chi connectivity index (χ1v) is 7.92. The van der Waals surface area contributed by atoms with Crippen LogP contribution in [0.3, 0.4) is 0 Å². The van der Waals surface area contributed by atoms with Gasteiger partial charge in [0.05, 0.1) is 0 Å². The number of hydrogen-bond acceptors (Lipinski definition) is 3. The summed E-state index contributed by atoms with van der Waals surface area (Å²) in [5.41, 5.74) is 9.75. The van der Waals surface area contributed by atoms with Gasteiger partial charge in [0, 0.05) is 18.4 Å². The number of hydrogen-bond donors (Lipinski definition) is 0. The molecule has 2 aromatic carbocycles. The molecule has 2 rings (SSSR count). The van der Waals surface area contributed by atoms with Crippen LogP contribution in [-0.2, 0) is 9.59 Å².